The van der Waals surface area contributed by atoms with Crippen molar-refractivity contribution in [3.8, 4) is 44.6 Å². The summed E-state index contributed by atoms with van der Waals surface area (Å²) in [5.41, 5.74) is 12.7. The molecule has 3 heteroatoms. The summed E-state index contributed by atoms with van der Waals surface area (Å²) in [7, 11) is 0. The highest BCUT2D eigenvalue weighted by Gasteiger charge is 2.14. The summed E-state index contributed by atoms with van der Waals surface area (Å²) in [6, 6.07) is 62.5. The molecule has 0 N–H and O–H groups in total. The van der Waals surface area contributed by atoms with Gasteiger partial charge in [0.25, 0.3) is 0 Å². The van der Waals surface area contributed by atoms with Crippen LogP contribution in [0.25, 0.3) is 110 Å². The number of para-hydroxylation sites is 1. The number of fused-ring (bicyclic) bond motifs is 10. The highest BCUT2D eigenvalue weighted by atomic mass is 16.3. The highest BCUT2D eigenvalue weighted by molar-refractivity contribution is 6.23. The van der Waals surface area contributed by atoms with Crippen LogP contribution in [-0.4, -0.2) is 9.97 Å². The average molecular weight is 675 g/mol. The van der Waals surface area contributed by atoms with Gasteiger partial charge in [0.2, 0.25) is 0 Å². The second-order valence-corrected chi connectivity index (χ2v) is 13.7. The van der Waals surface area contributed by atoms with Gasteiger partial charge in [-0.25, -0.2) is 4.98 Å². The number of hydrogen-bond acceptors (Lipinski definition) is 3. The quantitative estimate of drug-likeness (QED) is 0.174. The Hall–Kier alpha value is -7.10. The molecule has 0 saturated carbocycles. The van der Waals surface area contributed by atoms with Crippen LogP contribution < -0.4 is 0 Å². The second-order valence-electron chi connectivity index (χ2n) is 13.7. The number of aromatic nitrogens is 2. The van der Waals surface area contributed by atoms with Gasteiger partial charge in [0, 0.05) is 27.1 Å². The number of hydrogen-bond donors (Lipinski definition) is 0. The fourth-order valence-corrected chi connectivity index (χ4v) is 8.17. The van der Waals surface area contributed by atoms with Crippen molar-refractivity contribution in [3.63, 3.8) is 0 Å². The van der Waals surface area contributed by atoms with Crippen molar-refractivity contribution in [2.24, 2.45) is 0 Å². The largest absolute Gasteiger partial charge is 0.456 e. The molecule has 246 valence electrons. The molecule has 0 fully saturated rings. The summed E-state index contributed by atoms with van der Waals surface area (Å²) in [6.07, 6.45) is 1.91. The zero-order valence-electron chi connectivity index (χ0n) is 28.6. The number of nitrogens with zero attached hydrogens (tertiary/aromatic N) is 2. The lowest BCUT2D eigenvalue weighted by atomic mass is 9.91. The molecular formula is C50H30N2O. The van der Waals surface area contributed by atoms with Gasteiger partial charge in [-0.1, -0.05) is 152 Å². The van der Waals surface area contributed by atoms with E-state index in [1.54, 1.807) is 0 Å². The molecule has 9 aromatic carbocycles. The third-order valence-corrected chi connectivity index (χ3v) is 10.7. The summed E-state index contributed by atoms with van der Waals surface area (Å²) < 4.78 is 6.11. The zero-order valence-corrected chi connectivity index (χ0v) is 28.6. The minimum Gasteiger partial charge on any atom is -0.456 e. The van der Waals surface area contributed by atoms with Crippen LogP contribution >= 0.6 is 0 Å². The Labute approximate surface area is 305 Å². The molecule has 53 heavy (non-hydrogen) atoms. The molecule has 2 aromatic heterocycles. The van der Waals surface area contributed by atoms with E-state index in [4.69, 9.17) is 14.4 Å². The van der Waals surface area contributed by atoms with Gasteiger partial charge >= 0.3 is 0 Å². The van der Waals surface area contributed by atoms with Crippen LogP contribution in [0.5, 0.6) is 0 Å². The van der Waals surface area contributed by atoms with Gasteiger partial charge in [-0.3, -0.25) is 4.98 Å². The van der Waals surface area contributed by atoms with Gasteiger partial charge in [-0.2, -0.15) is 0 Å². The van der Waals surface area contributed by atoms with Crippen molar-refractivity contribution in [3.05, 3.63) is 182 Å². The molecule has 3 nitrogen and oxygen atoms in total. The van der Waals surface area contributed by atoms with Crippen molar-refractivity contribution in [1.82, 2.24) is 9.97 Å². The molecule has 0 radical (unpaired) electrons. The maximum absolute atomic E-state index is 6.11. The van der Waals surface area contributed by atoms with Gasteiger partial charge in [-0.05, 0) is 79.2 Å². The Morgan fingerprint density at radius 2 is 0.868 bits per heavy atom. The molecule has 0 atom stereocenters. The highest BCUT2D eigenvalue weighted by Crippen LogP contribution is 2.39. The third-order valence-electron chi connectivity index (χ3n) is 10.7. The molecule has 2 heterocycles. The van der Waals surface area contributed by atoms with Gasteiger partial charge in [0.05, 0.1) is 22.9 Å². The van der Waals surface area contributed by atoms with E-state index < -0.39 is 0 Å². The Balaban J connectivity index is 0.953. The van der Waals surface area contributed by atoms with Gasteiger partial charge < -0.3 is 4.42 Å². The lowest BCUT2D eigenvalue weighted by Gasteiger charge is -2.13. The molecule has 0 unspecified atom stereocenters. The van der Waals surface area contributed by atoms with Crippen molar-refractivity contribution in [2.45, 2.75) is 0 Å². The van der Waals surface area contributed by atoms with E-state index in [2.05, 4.69) is 164 Å². The lowest BCUT2D eigenvalue weighted by molar-refractivity contribution is 0.669. The first kappa shape index (κ1) is 29.6. The first-order chi connectivity index (χ1) is 26.3. The molecule has 0 amide bonds. The van der Waals surface area contributed by atoms with Crippen molar-refractivity contribution >= 4 is 65.3 Å². The predicted molar refractivity (Wildman–Crippen MR) is 221 cm³/mol. The first-order valence-corrected chi connectivity index (χ1v) is 18.0. The monoisotopic (exact) mass is 674 g/mol. The van der Waals surface area contributed by atoms with Crippen molar-refractivity contribution in [1.29, 1.82) is 0 Å². The molecule has 0 aliphatic heterocycles. The van der Waals surface area contributed by atoms with Crippen LogP contribution in [0.15, 0.2) is 187 Å². The summed E-state index contributed by atoms with van der Waals surface area (Å²) in [4.78, 5) is 10.2. The van der Waals surface area contributed by atoms with E-state index in [0.717, 1.165) is 66.1 Å². The van der Waals surface area contributed by atoms with Crippen LogP contribution in [0.1, 0.15) is 0 Å². The Kier molecular flexibility index (Phi) is 6.55. The van der Waals surface area contributed by atoms with E-state index in [1.165, 1.54) is 43.8 Å². The molecule has 11 aromatic rings. The topological polar surface area (TPSA) is 38.9 Å². The smallest absolute Gasteiger partial charge is 0.135 e. The zero-order chi connectivity index (χ0) is 34.9. The Morgan fingerprint density at radius 1 is 0.321 bits per heavy atom. The summed E-state index contributed by atoms with van der Waals surface area (Å²) in [5, 5.41) is 9.38. The van der Waals surface area contributed by atoms with Gasteiger partial charge in [-0.15, -0.1) is 0 Å². The van der Waals surface area contributed by atoms with E-state index in [1.807, 2.05) is 18.3 Å². The van der Waals surface area contributed by atoms with Crippen LogP contribution in [-0.2, 0) is 0 Å². The standard InChI is InChI=1S/C50H30N2O/c1-3-15-43-40(12-1)41-13-2-4-16-44(41)50-49(43)51-30-46(52-50)35-11-7-10-33(28-35)31-22-24-32(25-23-31)36-17-8-20-39-37(18-9-19-38(36)39)34-26-27-48-45(29-34)42-14-5-6-21-47(42)53-48/h1-30H. The summed E-state index contributed by atoms with van der Waals surface area (Å²) >= 11 is 0. The number of rotatable bonds is 4. The van der Waals surface area contributed by atoms with Crippen molar-refractivity contribution in [2.75, 3.05) is 0 Å². The van der Waals surface area contributed by atoms with E-state index in [-0.39, 0.29) is 0 Å². The molecule has 11 rings (SSSR count). The SMILES string of the molecule is c1cc(-c2ccc(-c3cccc4c(-c5ccc6oc7ccccc7c6c5)cccc34)cc2)cc(-c2cnc3c4ccccc4c4ccccc4c3n2)c1. The van der Waals surface area contributed by atoms with E-state index in [9.17, 15) is 0 Å². The minimum absolute atomic E-state index is 0.864. The van der Waals surface area contributed by atoms with Gasteiger partial charge in [0.1, 0.15) is 11.2 Å². The maximum atomic E-state index is 6.11. The molecule has 0 aliphatic carbocycles. The Bertz CT molecular complexity index is 3190. The lowest BCUT2D eigenvalue weighted by Crippen LogP contribution is -1.92. The second kappa shape index (κ2) is 11.7. The predicted octanol–water partition coefficient (Wildman–Crippen LogP) is 13.7. The molecular weight excluding hydrogens is 645 g/mol. The average Bonchev–Trinajstić information content (AvgIpc) is 3.61. The first-order valence-electron chi connectivity index (χ1n) is 18.0. The third kappa shape index (κ3) is 4.75. The summed E-state index contributed by atoms with van der Waals surface area (Å²) in [6.45, 7) is 0. The van der Waals surface area contributed by atoms with E-state index in [0.29, 0.717) is 0 Å². The molecule has 0 spiro atoms. The number of furan rings is 1. The van der Waals surface area contributed by atoms with Crippen LogP contribution in [0.3, 0.4) is 0 Å². The van der Waals surface area contributed by atoms with E-state index >= 15 is 0 Å². The number of benzene rings is 9. The normalized spacial score (nSPS) is 11.8. The van der Waals surface area contributed by atoms with Crippen molar-refractivity contribution < 1.29 is 4.42 Å². The molecule has 0 bridgehead atoms. The fraction of sp³-hybridized carbons (Fsp3) is 0. The molecule has 0 saturated heterocycles. The van der Waals surface area contributed by atoms with Crippen LogP contribution in [0, 0.1) is 0 Å². The Morgan fingerprint density at radius 3 is 1.62 bits per heavy atom. The van der Waals surface area contributed by atoms with Crippen LogP contribution in [0.2, 0.25) is 0 Å². The minimum atomic E-state index is 0.864. The maximum Gasteiger partial charge on any atom is 0.135 e. The molecule has 0 aliphatic rings. The fourth-order valence-electron chi connectivity index (χ4n) is 8.17. The van der Waals surface area contributed by atoms with Crippen LogP contribution in [0.4, 0.5) is 0 Å². The summed E-state index contributed by atoms with van der Waals surface area (Å²) in [5.74, 6) is 0. The van der Waals surface area contributed by atoms with Gasteiger partial charge in [0.15, 0.2) is 0 Å².